The standard InChI is InChI=1S/C38H26O16/c39-16-1-14(2-17(40)7-16)3-20-22(42)12-29(49)38-32(20)54-36-27(47)10-19(11-31(36)52-38)50-34-24(44)5-15(6-25(34)45)4-21-23(43)13-28(48)37-33(21)53-35-26(46)8-18(41)9-30(35)51-37/h1-2,5-13,39-49H,3-4H2. The number of aromatic hydroxyl groups is 11. The van der Waals surface area contributed by atoms with E-state index in [0.29, 0.717) is 5.56 Å². The average Bonchev–Trinajstić information content (AvgIpc) is 3.09. The molecule has 2 heterocycles. The zero-order chi connectivity index (χ0) is 38.2. The summed E-state index contributed by atoms with van der Waals surface area (Å²) in [6.45, 7) is 0. The third-order valence-electron chi connectivity index (χ3n) is 8.51. The molecule has 0 bridgehead atoms. The fourth-order valence-electron chi connectivity index (χ4n) is 6.18. The highest BCUT2D eigenvalue weighted by Crippen LogP contribution is 2.59. The largest absolute Gasteiger partial charge is 0.508 e. The van der Waals surface area contributed by atoms with Crippen molar-refractivity contribution in [3.05, 3.63) is 89.0 Å². The summed E-state index contributed by atoms with van der Waals surface area (Å²) in [5.41, 5.74) is 0.710. The Morgan fingerprint density at radius 1 is 0.352 bits per heavy atom. The van der Waals surface area contributed by atoms with E-state index >= 15 is 0 Å². The predicted molar refractivity (Wildman–Crippen MR) is 183 cm³/mol. The summed E-state index contributed by atoms with van der Waals surface area (Å²) < 4.78 is 28.9. The van der Waals surface area contributed by atoms with Crippen molar-refractivity contribution < 1.29 is 79.9 Å². The molecule has 6 aromatic carbocycles. The fraction of sp³-hybridized carbons (Fsp3) is 0.0526. The minimum atomic E-state index is -0.580. The molecule has 0 amide bonds. The molecule has 0 saturated heterocycles. The SMILES string of the molecule is Oc1cc(O)cc(Cc2c(O)cc(O)c3c2Oc2c(O)cc(Oc4c(O)cc(Cc5c(O)cc(O)c6c5Oc5c(O)cc(O)cc5O6)cc4O)cc2O3)c1. The highest BCUT2D eigenvalue weighted by molar-refractivity contribution is 5.72. The van der Waals surface area contributed by atoms with Gasteiger partial charge in [0.1, 0.15) is 34.5 Å². The van der Waals surface area contributed by atoms with Crippen molar-refractivity contribution in [3.63, 3.8) is 0 Å². The summed E-state index contributed by atoms with van der Waals surface area (Å²) >= 11 is 0. The van der Waals surface area contributed by atoms with Gasteiger partial charge in [0, 0.05) is 66.4 Å². The van der Waals surface area contributed by atoms with Crippen molar-refractivity contribution in [2.24, 2.45) is 0 Å². The summed E-state index contributed by atoms with van der Waals surface area (Å²) in [5.74, 6) is -6.97. The van der Waals surface area contributed by atoms with Gasteiger partial charge < -0.3 is 79.9 Å². The van der Waals surface area contributed by atoms with Crippen LogP contribution in [-0.2, 0) is 12.8 Å². The second-order valence-electron chi connectivity index (χ2n) is 12.3. The molecule has 0 atom stereocenters. The molecule has 6 aromatic rings. The van der Waals surface area contributed by atoms with Crippen LogP contribution in [0.3, 0.4) is 0 Å². The summed E-state index contributed by atoms with van der Waals surface area (Å²) in [7, 11) is 0. The third kappa shape index (κ3) is 5.69. The molecule has 16 heteroatoms. The van der Waals surface area contributed by atoms with Crippen LogP contribution < -0.4 is 23.7 Å². The lowest BCUT2D eigenvalue weighted by molar-refractivity contribution is 0.312. The Kier molecular flexibility index (Phi) is 7.47. The molecule has 8 rings (SSSR count). The van der Waals surface area contributed by atoms with Crippen molar-refractivity contribution in [1.82, 2.24) is 0 Å². The first kappa shape index (κ1) is 33.3. The zero-order valence-corrected chi connectivity index (χ0v) is 27.2. The van der Waals surface area contributed by atoms with Gasteiger partial charge in [-0.15, -0.1) is 0 Å². The number of hydrogen-bond donors (Lipinski definition) is 11. The number of phenols is 11. The molecule has 16 nitrogen and oxygen atoms in total. The topological polar surface area (TPSA) is 269 Å². The minimum Gasteiger partial charge on any atom is -0.508 e. The van der Waals surface area contributed by atoms with Crippen LogP contribution in [0.25, 0.3) is 0 Å². The molecule has 0 unspecified atom stereocenters. The first-order chi connectivity index (χ1) is 25.7. The van der Waals surface area contributed by atoms with Gasteiger partial charge >= 0.3 is 0 Å². The highest BCUT2D eigenvalue weighted by Gasteiger charge is 2.32. The van der Waals surface area contributed by atoms with Gasteiger partial charge in [-0.1, -0.05) is 0 Å². The Balaban J connectivity index is 1.07. The number of hydrogen-bond acceptors (Lipinski definition) is 16. The number of ether oxygens (including phenoxy) is 5. The van der Waals surface area contributed by atoms with E-state index in [1.165, 1.54) is 30.3 Å². The maximum absolute atomic E-state index is 10.9. The van der Waals surface area contributed by atoms with Gasteiger partial charge in [-0.3, -0.25) is 0 Å². The quantitative estimate of drug-likeness (QED) is 0.0804. The zero-order valence-electron chi connectivity index (χ0n) is 27.2. The molecule has 54 heavy (non-hydrogen) atoms. The lowest BCUT2D eigenvalue weighted by Gasteiger charge is -2.25. The van der Waals surface area contributed by atoms with Crippen LogP contribution in [0.4, 0.5) is 0 Å². The van der Waals surface area contributed by atoms with Crippen LogP contribution in [0.15, 0.2) is 66.7 Å². The number of rotatable bonds is 6. The summed E-state index contributed by atoms with van der Waals surface area (Å²) in [6.07, 6.45) is -0.310. The molecule has 0 saturated carbocycles. The molecule has 0 aliphatic carbocycles. The van der Waals surface area contributed by atoms with E-state index in [4.69, 9.17) is 23.7 Å². The number of fused-ring (bicyclic) bond motifs is 4. The molecule has 2 aliphatic heterocycles. The Morgan fingerprint density at radius 2 is 0.796 bits per heavy atom. The van der Waals surface area contributed by atoms with Gasteiger partial charge in [-0.25, -0.2) is 0 Å². The van der Waals surface area contributed by atoms with Gasteiger partial charge in [-0.2, -0.15) is 0 Å². The van der Waals surface area contributed by atoms with Crippen LogP contribution in [0.2, 0.25) is 0 Å². The summed E-state index contributed by atoms with van der Waals surface area (Å²) in [6, 6.07) is 12.7. The number of phenolic OH excluding ortho intramolecular Hbond substituents is 11. The van der Waals surface area contributed by atoms with Crippen LogP contribution in [0, 0.1) is 0 Å². The molecular weight excluding hydrogens is 712 g/mol. The smallest absolute Gasteiger partial charge is 0.212 e. The lowest BCUT2D eigenvalue weighted by atomic mass is 10.0. The van der Waals surface area contributed by atoms with Crippen LogP contribution >= 0.6 is 0 Å². The van der Waals surface area contributed by atoms with Crippen LogP contribution in [0.5, 0.6) is 121 Å². The second kappa shape index (κ2) is 12.1. The van der Waals surface area contributed by atoms with E-state index in [1.54, 1.807) is 0 Å². The van der Waals surface area contributed by atoms with Crippen molar-refractivity contribution in [2.75, 3.05) is 0 Å². The van der Waals surface area contributed by atoms with Gasteiger partial charge in [0.25, 0.3) is 0 Å². The average molecular weight is 739 g/mol. The van der Waals surface area contributed by atoms with Crippen molar-refractivity contribution in [2.45, 2.75) is 12.8 Å². The Hall–Kier alpha value is -7.88. The molecule has 0 spiro atoms. The Labute approximate surface area is 302 Å². The number of benzene rings is 6. The minimum absolute atomic E-state index is 0.0326. The van der Waals surface area contributed by atoms with E-state index in [2.05, 4.69) is 0 Å². The van der Waals surface area contributed by atoms with Gasteiger partial charge in [0.05, 0.1) is 0 Å². The molecule has 11 N–H and O–H groups in total. The highest BCUT2D eigenvalue weighted by atomic mass is 16.6. The van der Waals surface area contributed by atoms with E-state index in [9.17, 15) is 56.2 Å². The van der Waals surface area contributed by atoms with Crippen LogP contribution in [-0.4, -0.2) is 56.2 Å². The van der Waals surface area contributed by atoms with Crippen LogP contribution in [0.1, 0.15) is 22.3 Å². The van der Waals surface area contributed by atoms with E-state index in [0.717, 1.165) is 36.4 Å². The lowest BCUT2D eigenvalue weighted by Crippen LogP contribution is -2.04. The summed E-state index contributed by atoms with van der Waals surface area (Å²) in [5, 5.41) is 115. The Bertz CT molecular complexity index is 2520. The Morgan fingerprint density at radius 3 is 1.33 bits per heavy atom. The van der Waals surface area contributed by atoms with E-state index in [1.807, 2.05) is 0 Å². The van der Waals surface area contributed by atoms with E-state index < -0.39 is 51.7 Å². The van der Waals surface area contributed by atoms with Gasteiger partial charge in [0.15, 0.2) is 57.5 Å². The van der Waals surface area contributed by atoms with E-state index in [-0.39, 0.29) is 98.5 Å². The maximum Gasteiger partial charge on any atom is 0.212 e. The second-order valence-corrected chi connectivity index (χ2v) is 12.3. The maximum atomic E-state index is 10.9. The predicted octanol–water partition coefficient (Wildman–Crippen LogP) is 7.22. The first-order valence-electron chi connectivity index (χ1n) is 15.8. The molecule has 0 aromatic heterocycles. The van der Waals surface area contributed by atoms with Crippen molar-refractivity contribution in [1.29, 1.82) is 0 Å². The van der Waals surface area contributed by atoms with Gasteiger partial charge in [-0.05, 0) is 35.4 Å². The molecular formula is C38H26O16. The molecule has 2 aliphatic rings. The molecule has 0 radical (unpaired) electrons. The summed E-state index contributed by atoms with van der Waals surface area (Å²) in [4.78, 5) is 0. The van der Waals surface area contributed by atoms with Crippen molar-refractivity contribution in [3.8, 4) is 121 Å². The van der Waals surface area contributed by atoms with Crippen molar-refractivity contribution >= 4 is 0 Å². The monoisotopic (exact) mass is 738 g/mol. The molecule has 0 fully saturated rings. The normalized spacial score (nSPS) is 12.1. The first-order valence-corrected chi connectivity index (χ1v) is 15.8. The third-order valence-corrected chi connectivity index (χ3v) is 8.51. The van der Waals surface area contributed by atoms with Gasteiger partial charge in [0.2, 0.25) is 28.7 Å². The molecule has 274 valence electrons. The fourth-order valence-corrected chi connectivity index (χ4v) is 6.18.